The lowest BCUT2D eigenvalue weighted by atomic mass is 9.31. The lowest BCUT2D eigenvalue weighted by molar-refractivity contribution is -0.273. The molecule has 0 bridgehead atoms. The molecule has 5 aliphatic carbocycles. The average Bonchev–Trinajstić information content (AvgIpc) is 2.74. The molecule has 0 aromatic rings. The minimum absolute atomic E-state index is 0.0238. The maximum absolute atomic E-state index is 11.8. The third kappa shape index (κ3) is 2.80. The summed E-state index contributed by atoms with van der Waals surface area (Å²) in [6.45, 7) is 17.0. The van der Waals surface area contributed by atoms with Crippen LogP contribution >= 0.6 is 0 Å². The van der Waals surface area contributed by atoms with Crippen LogP contribution in [0.3, 0.4) is 0 Å². The van der Waals surface area contributed by atoms with Crippen LogP contribution in [-0.4, -0.2) is 34.1 Å². The minimum atomic E-state index is -0.439. The van der Waals surface area contributed by atoms with Gasteiger partial charge < -0.3 is 15.3 Å². The molecule has 0 aliphatic heterocycles. The van der Waals surface area contributed by atoms with Crippen molar-refractivity contribution in [2.45, 2.75) is 112 Å². The van der Waals surface area contributed by atoms with Crippen LogP contribution in [0.4, 0.5) is 0 Å². The molecule has 4 fully saturated rings. The normalized spacial score (nSPS) is 57.8. The van der Waals surface area contributed by atoms with Crippen molar-refractivity contribution < 1.29 is 15.3 Å². The second kappa shape index (κ2) is 7.32. The molecule has 4 saturated carbocycles. The third-order valence-corrected chi connectivity index (χ3v) is 13.7. The number of hydrogen-bond donors (Lipinski definition) is 3. The van der Waals surface area contributed by atoms with Crippen molar-refractivity contribution in [1.29, 1.82) is 0 Å². The summed E-state index contributed by atoms with van der Waals surface area (Å²) in [6.07, 6.45) is 10.3. The fourth-order valence-corrected chi connectivity index (χ4v) is 11.4. The number of allylic oxidation sites excluding steroid dienone is 2. The topological polar surface area (TPSA) is 60.7 Å². The van der Waals surface area contributed by atoms with Gasteiger partial charge in [-0.3, -0.25) is 0 Å². The first-order valence-electron chi connectivity index (χ1n) is 13.9. The van der Waals surface area contributed by atoms with Crippen molar-refractivity contribution in [3.05, 3.63) is 11.6 Å². The molecule has 11 atom stereocenters. The van der Waals surface area contributed by atoms with E-state index in [4.69, 9.17) is 0 Å². The highest BCUT2D eigenvalue weighted by molar-refractivity contribution is 5.24. The van der Waals surface area contributed by atoms with Gasteiger partial charge in [0.05, 0.1) is 18.8 Å². The molecule has 0 heterocycles. The van der Waals surface area contributed by atoms with Crippen molar-refractivity contribution in [3.63, 3.8) is 0 Å². The summed E-state index contributed by atoms with van der Waals surface area (Å²) in [4.78, 5) is 0. The van der Waals surface area contributed by atoms with E-state index in [1.54, 1.807) is 0 Å². The Labute approximate surface area is 202 Å². The van der Waals surface area contributed by atoms with Gasteiger partial charge in [0.25, 0.3) is 0 Å². The van der Waals surface area contributed by atoms with Crippen molar-refractivity contribution in [3.8, 4) is 0 Å². The zero-order valence-corrected chi connectivity index (χ0v) is 22.3. The Morgan fingerprint density at radius 1 is 0.879 bits per heavy atom. The zero-order valence-electron chi connectivity index (χ0n) is 22.3. The highest BCUT2D eigenvalue weighted by atomic mass is 16.3. The summed E-state index contributed by atoms with van der Waals surface area (Å²) < 4.78 is 0. The van der Waals surface area contributed by atoms with Crippen molar-refractivity contribution in [2.75, 3.05) is 6.61 Å². The Hall–Kier alpha value is -0.380. The van der Waals surface area contributed by atoms with E-state index in [1.807, 2.05) is 0 Å². The number of aliphatic hydroxyl groups excluding tert-OH is 3. The van der Waals surface area contributed by atoms with Crippen LogP contribution in [0, 0.1) is 56.7 Å². The van der Waals surface area contributed by atoms with E-state index in [0.29, 0.717) is 29.6 Å². The molecule has 3 nitrogen and oxygen atoms in total. The number of hydrogen-bond acceptors (Lipinski definition) is 3. The van der Waals surface area contributed by atoms with Gasteiger partial charge in [-0.2, -0.15) is 0 Å². The largest absolute Gasteiger partial charge is 0.396 e. The predicted octanol–water partition coefficient (Wildman–Crippen LogP) is 5.97. The standard InChI is InChI=1S/C30H50O3/c1-18-10-15-30(17-31)24(33)16-29(7)20(25(30)19(18)2)8-9-22-27(5)13-12-23(32)26(3,4)21(27)11-14-28(22,29)6/h10,19-25,31-33H,8-9,11-17H2,1-7H3/t19-,20-,21?,22?,23+,24+,25?,27+,28-,29-,30+/m1/s1. The molecule has 0 radical (unpaired) electrons. The van der Waals surface area contributed by atoms with Gasteiger partial charge >= 0.3 is 0 Å². The van der Waals surface area contributed by atoms with Gasteiger partial charge in [0, 0.05) is 5.41 Å². The summed E-state index contributed by atoms with van der Waals surface area (Å²) in [5.74, 6) is 2.53. The smallest absolute Gasteiger partial charge is 0.0629 e. The monoisotopic (exact) mass is 458 g/mol. The quantitative estimate of drug-likeness (QED) is 0.424. The van der Waals surface area contributed by atoms with Gasteiger partial charge in [0.2, 0.25) is 0 Å². The molecule has 0 saturated heterocycles. The molecule has 0 spiro atoms. The molecule has 0 amide bonds. The molecular formula is C30H50O3. The van der Waals surface area contributed by atoms with Crippen LogP contribution in [-0.2, 0) is 0 Å². The van der Waals surface area contributed by atoms with Gasteiger partial charge in [0.15, 0.2) is 0 Å². The maximum Gasteiger partial charge on any atom is 0.0629 e. The van der Waals surface area contributed by atoms with Gasteiger partial charge in [-0.05, 0) is 110 Å². The Kier molecular flexibility index (Phi) is 5.40. The van der Waals surface area contributed by atoms with Crippen LogP contribution in [0.5, 0.6) is 0 Å². The Bertz CT molecular complexity index is 832. The van der Waals surface area contributed by atoms with Gasteiger partial charge in [-0.15, -0.1) is 0 Å². The maximum atomic E-state index is 11.8. The fourth-order valence-electron chi connectivity index (χ4n) is 11.4. The first-order chi connectivity index (χ1) is 15.3. The first kappa shape index (κ1) is 24.3. The molecule has 5 rings (SSSR count). The molecule has 3 N–H and O–H groups in total. The van der Waals surface area contributed by atoms with Crippen LogP contribution in [0.15, 0.2) is 11.6 Å². The van der Waals surface area contributed by atoms with Crippen molar-refractivity contribution >= 4 is 0 Å². The van der Waals surface area contributed by atoms with Gasteiger partial charge in [0.1, 0.15) is 0 Å². The number of aliphatic hydroxyl groups is 3. The lowest BCUT2D eigenvalue weighted by Gasteiger charge is -2.74. The molecule has 5 aliphatic rings. The van der Waals surface area contributed by atoms with Crippen LogP contribution < -0.4 is 0 Å². The summed E-state index contributed by atoms with van der Waals surface area (Å²) in [7, 11) is 0. The van der Waals surface area contributed by atoms with Crippen LogP contribution in [0.1, 0.15) is 99.8 Å². The third-order valence-electron chi connectivity index (χ3n) is 13.7. The molecule has 3 unspecified atom stereocenters. The van der Waals surface area contributed by atoms with E-state index in [-0.39, 0.29) is 39.8 Å². The van der Waals surface area contributed by atoms with E-state index < -0.39 is 6.10 Å². The zero-order chi connectivity index (χ0) is 24.2. The van der Waals surface area contributed by atoms with Gasteiger partial charge in [-0.25, -0.2) is 0 Å². The summed E-state index contributed by atoms with van der Waals surface area (Å²) in [5, 5.41) is 33.3. The van der Waals surface area contributed by atoms with Crippen molar-refractivity contribution in [2.24, 2.45) is 56.7 Å². The molecule has 0 aromatic carbocycles. The Morgan fingerprint density at radius 3 is 2.24 bits per heavy atom. The average molecular weight is 459 g/mol. The molecule has 188 valence electrons. The summed E-state index contributed by atoms with van der Waals surface area (Å²) in [5.41, 5.74) is 1.59. The highest BCUT2D eigenvalue weighted by Crippen LogP contribution is 2.76. The van der Waals surface area contributed by atoms with Crippen molar-refractivity contribution in [1.82, 2.24) is 0 Å². The van der Waals surface area contributed by atoms with E-state index in [1.165, 1.54) is 31.3 Å². The second-order valence-corrected chi connectivity index (χ2v) is 14.6. The molecule has 0 aromatic heterocycles. The van der Waals surface area contributed by atoms with E-state index in [0.717, 1.165) is 25.7 Å². The fraction of sp³-hybridized carbons (Fsp3) is 0.933. The van der Waals surface area contributed by atoms with Crippen LogP contribution in [0.2, 0.25) is 0 Å². The first-order valence-corrected chi connectivity index (χ1v) is 13.9. The Balaban J connectivity index is 1.58. The molecule has 33 heavy (non-hydrogen) atoms. The predicted molar refractivity (Wildman–Crippen MR) is 133 cm³/mol. The SMILES string of the molecule is CC1=CC[C@@]2(CO)C([C@@H]1C)[C@H]1CCC3[C@@]4(C)CC[C@H](O)C(C)(C)C4CC[C@@]3(C)[C@]1(C)C[C@@H]2O. The highest BCUT2D eigenvalue weighted by Gasteiger charge is 2.71. The Morgan fingerprint density at radius 2 is 1.58 bits per heavy atom. The number of fused-ring (bicyclic) bond motifs is 7. The molecular weight excluding hydrogens is 408 g/mol. The summed E-state index contributed by atoms with van der Waals surface area (Å²) in [6, 6.07) is 0. The minimum Gasteiger partial charge on any atom is -0.396 e. The number of rotatable bonds is 1. The molecule has 3 heteroatoms. The van der Waals surface area contributed by atoms with Gasteiger partial charge in [-0.1, -0.05) is 53.2 Å². The van der Waals surface area contributed by atoms with E-state index in [2.05, 4.69) is 54.5 Å². The lowest BCUT2D eigenvalue weighted by Crippen LogP contribution is -2.70. The second-order valence-electron chi connectivity index (χ2n) is 14.6. The van der Waals surface area contributed by atoms with E-state index in [9.17, 15) is 15.3 Å². The summed E-state index contributed by atoms with van der Waals surface area (Å²) >= 11 is 0. The van der Waals surface area contributed by atoms with E-state index >= 15 is 0 Å². The van der Waals surface area contributed by atoms with Crippen LogP contribution in [0.25, 0.3) is 0 Å².